The molecule has 2 unspecified atom stereocenters. The van der Waals surface area contributed by atoms with Crippen molar-refractivity contribution in [3.8, 4) is 28.7 Å². The molecule has 36 heavy (non-hydrogen) atoms. The van der Waals surface area contributed by atoms with Crippen molar-refractivity contribution in [3.05, 3.63) is 41.5 Å². The zero-order chi connectivity index (χ0) is 31.7. The predicted molar refractivity (Wildman–Crippen MR) is 142 cm³/mol. The van der Waals surface area contributed by atoms with Gasteiger partial charge >= 0.3 is 5.97 Å². The SMILES string of the molecule is [2H]C([2H])([2H])Oc1cc(CC2C(=O)OCC2Cc2ccc(O[Si](C)(C)C(C)(C)C)c(OC)c2)cc(OC([2H])([2H])[2H])c1OC. The maximum atomic E-state index is 12.8. The maximum absolute atomic E-state index is 12.8. The molecule has 0 aromatic heterocycles. The van der Waals surface area contributed by atoms with E-state index in [0.29, 0.717) is 23.5 Å². The molecule has 0 saturated carbocycles. The van der Waals surface area contributed by atoms with Crippen LogP contribution in [0.2, 0.25) is 18.1 Å². The van der Waals surface area contributed by atoms with Crippen LogP contribution in [0.4, 0.5) is 0 Å². The molecule has 2 aromatic carbocycles. The summed E-state index contributed by atoms with van der Waals surface area (Å²) in [5.74, 6) is -0.555. The summed E-state index contributed by atoms with van der Waals surface area (Å²) in [5.41, 5.74) is 1.36. The summed E-state index contributed by atoms with van der Waals surface area (Å²) < 4.78 is 78.0. The molecule has 1 aliphatic heterocycles. The van der Waals surface area contributed by atoms with E-state index in [1.165, 1.54) is 19.2 Å². The van der Waals surface area contributed by atoms with Crippen LogP contribution in [-0.4, -0.2) is 49.2 Å². The minimum atomic E-state index is -2.84. The Morgan fingerprint density at radius 1 is 0.917 bits per heavy atom. The Hall–Kier alpha value is -2.87. The highest BCUT2D eigenvalue weighted by molar-refractivity contribution is 6.74. The molecular weight excluding hydrogens is 476 g/mol. The van der Waals surface area contributed by atoms with Crippen LogP contribution in [0.15, 0.2) is 30.3 Å². The Balaban J connectivity index is 1.89. The number of methoxy groups -OCH3 is 4. The van der Waals surface area contributed by atoms with Crippen LogP contribution in [0.25, 0.3) is 0 Å². The average molecular weight is 523 g/mol. The lowest BCUT2D eigenvalue weighted by Crippen LogP contribution is -2.43. The number of hydrogen-bond acceptors (Lipinski definition) is 7. The van der Waals surface area contributed by atoms with Crippen molar-refractivity contribution >= 4 is 14.3 Å². The van der Waals surface area contributed by atoms with Gasteiger partial charge in [0.2, 0.25) is 5.75 Å². The van der Waals surface area contributed by atoms with E-state index < -0.39 is 34.3 Å². The molecule has 1 heterocycles. The summed E-state index contributed by atoms with van der Waals surface area (Å²) in [5, 5.41) is 0.00962. The highest BCUT2D eigenvalue weighted by atomic mass is 28.4. The molecule has 0 bridgehead atoms. The number of carbonyl (C=O) groups is 1. The monoisotopic (exact) mass is 522 g/mol. The maximum Gasteiger partial charge on any atom is 0.309 e. The molecule has 7 nitrogen and oxygen atoms in total. The summed E-state index contributed by atoms with van der Waals surface area (Å²) in [6, 6.07) is 8.57. The van der Waals surface area contributed by atoms with Gasteiger partial charge in [-0.2, -0.15) is 0 Å². The molecule has 1 fully saturated rings. The van der Waals surface area contributed by atoms with E-state index in [1.54, 1.807) is 7.11 Å². The Labute approximate surface area is 224 Å². The molecule has 0 aliphatic carbocycles. The minimum absolute atomic E-state index is 0.00962. The van der Waals surface area contributed by atoms with Gasteiger partial charge in [0, 0.05) is 5.92 Å². The van der Waals surface area contributed by atoms with Gasteiger partial charge in [0.1, 0.15) is 5.75 Å². The van der Waals surface area contributed by atoms with E-state index in [1.807, 2.05) is 18.2 Å². The first-order valence-corrected chi connectivity index (χ1v) is 14.8. The Morgan fingerprint density at radius 2 is 1.56 bits per heavy atom. The van der Waals surface area contributed by atoms with Crippen molar-refractivity contribution in [2.24, 2.45) is 11.8 Å². The molecule has 0 radical (unpaired) electrons. The number of esters is 1. The molecule has 1 saturated heterocycles. The molecule has 1 aliphatic rings. The van der Waals surface area contributed by atoms with Crippen LogP contribution < -0.4 is 23.4 Å². The topological polar surface area (TPSA) is 72.5 Å². The number of ether oxygens (including phenoxy) is 5. The van der Waals surface area contributed by atoms with Gasteiger partial charge in [0.25, 0.3) is 8.32 Å². The van der Waals surface area contributed by atoms with E-state index in [0.717, 1.165) is 5.56 Å². The molecule has 198 valence electrons. The predicted octanol–water partition coefficient (Wildman–Crippen LogP) is 5.68. The summed E-state index contributed by atoms with van der Waals surface area (Å²) in [6.45, 7) is 11.0. The van der Waals surface area contributed by atoms with Crippen molar-refractivity contribution in [3.63, 3.8) is 0 Å². The zero-order valence-electron chi connectivity index (χ0n) is 28.0. The summed E-state index contributed by atoms with van der Waals surface area (Å²) >= 11 is 0. The molecule has 0 amide bonds. The first kappa shape index (κ1) is 20.2. The van der Waals surface area contributed by atoms with Crippen LogP contribution in [0.5, 0.6) is 28.7 Å². The Morgan fingerprint density at radius 3 is 2.11 bits per heavy atom. The number of cyclic esters (lactones) is 1. The van der Waals surface area contributed by atoms with Crippen molar-refractivity contribution in [2.75, 3.05) is 34.9 Å². The van der Waals surface area contributed by atoms with Crippen LogP contribution in [-0.2, 0) is 22.4 Å². The lowest BCUT2D eigenvalue weighted by molar-refractivity contribution is -0.141. The molecule has 2 aromatic rings. The van der Waals surface area contributed by atoms with Gasteiger partial charge < -0.3 is 28.1 Å². The van der Waals surface area contributed by atoms with Crippen molar-refractivity contribution in [1.29, 1.82) is 0 Å². The fraction of sp³-hybridized carbons (Fsp3) is 0.536. The first-order valence-electron chi connectivity index (χ1n) is 14.8. The molecular formula is C28H40O7Si. The highest BCUT2D eigenvalue weighted by Gasteiger charge is 2.40. The van der Waals surface area contributed by atoms with Crippen LogP contribution in [0.3, 0.4) is 0 Å². The van der Waals surface area contributed by atoms with Crippen LogP contribution >= 0.6 is 0 Å². The Bertz CT molecular complexity index is 1230. The average Bonchev–Trinajstić information content (AvgIpc) is 3.15. The third-order valence-corrected chi connectivity index (χ3v) is 11.5. The van der Waals surface area contributed by atoms with E-state index in [9.17, 15) is 4.79 Å². The quantitative estimate of drug-likeness (QED) is 0.294. The second kappa shape index (κ2) is 11.0. The number of hydrogen-bond donors (Lipinski definition) is 0. The van der Waals surface area contributed by atoms with Crippen LogP contribution in [0.1, 0.15) is 40.1 Å². The minimum Gasteiger partial charge on any atom is -0.541 e. The first-order chi connectivity index (χ1) is 19.2. The fourth-order valence-electron chi connectivity index (χ4n) is 4.07. The zero-order valence-corrected chi connectivity index (χ0v) is 23.0. The normalized spacial score (nSPS) is 21.1. The van der Waals surface area contributed by atoms with Crippen molar-refractivity contribution < 1.29 is 41.1 Å². The second-order valence-corrected chi connectivity index (χ2v) is 15.3. The van der Waals surface area contributed by atoms with Gasteiger partial charge in [-0.15, -0.1) is 0 Å². The molecule has 2 atom stereocenters. The van der Waals surface area contributed by atoms with Gasteiger partial charge in [-0.05, 0) is 66.4 Å². The van der Waals surface area contributed by atoms with Gasteiger partial charge in [-0.1, -0.05) is 26.8 Å². The van der Waals surface area contributed by atoms with E-state index in [-0.39, 0.29) is 41.2 Å². The van der Waals surface area contributed by atoms with E-state index in [2.05, 4.69) is 33.9 Å². The van der Waals surface area contributed by atoms with Gasteiger partial charge in [-0.3, -0.25) is 4.79 Å². The summed E-state index contributed by atoms with van der Waals surface area (Å²) in [4.78, 5) is 12.8. The number of carbonyl (C=O) groups excluding carboxylic acids is 1. The third kappa shape index (κ3) is 5.91. The Kier molecular flexibility index (Phi) is 6.19. The lowest BCUT2D eigenvalue weighted by Gasteiger charge is -2.36. The van der Waals surface area contributed by atoms with E-state index >= 15 is 0 Å². The smallest absolute Gasteiger partial charge is 0.309 e. The molecule has 3 rings (SSSR count). The third-order valence-electron chi connectivity index (χ3n) is 7.17. The van der Waals surface area contributed by atoms with Gasteiger partial charge in [0.05, 0.1) is 49.0 Å². The molecule has 0 N–H and O–H groups in total. The highest BCUT2D eigenvalue weighted by Crippen LogP contribution is 2.42. The molecule has 8 heteroatoms. The van der Waals surface area contributed by atoms with E-state index in [4.69, 9.17) is 36.3 Å². The summed E-state index contributed by atoms with van der Waals surface area (Å²) in [7, 11) is -4.94. The lowest BCUT2D eigenvalue weighted by atomic mass is 9.85. The standard InChI is InChI=1S/C28H40O7Si/c1-28(2,3)36(8,9)35-22-11-10-18(14-23(22)30-4)12-20-17-34-27(29)21(20)13-19-15-24(31-5)26(33-7)25(16-19)32-6/h10-11,14-16,20-21H,12-13,17H2,1-9H3/i5D3,6D3. The number of rotatable bonds is 10. The van der Waals surface area contributed by atoms with Crippen molar-refractivity contribution in [1.82, 2.24) is 0 Å². The summed E-state index contributed by atoms with van der Waals surface area (Å²) in [6.07, 6.45) is 0.631. The fourth-order valence-corrected chi connectivity index (χ4v) is 5.09. The van der Waals surface area contributed by atoms with Gasteiger partial charge in [0.15, 0.2) is 17.2 Å². The number of benzene rings is 2. The van der Waals surface area contributed by atoms with Crippen LogP contribution in [0, 0.1) is 11.8 Å². The largest absolute Gasteiger partial charge is 0.541 e. The molecule has 0 spiro atoms. The second-order valence-electron chi connectivity index (χ2n) is 10.6. The van der Waals surface area contributed by atoms with Gasteiger partial charge in [-0.25, -0.2) is 0 Å². The van der Waals surface area contributed by atoms with Crippen molar-refractivity contribution in [2.45, 2.75) is 51.7 Å².